The van der Waals surface area contributed by atoms with Gasteiger partial charge in [-0.15, -0.1) is 5.10 Å². The molecule has 0 fully saturated rings. The zero-order valence-electron chi connectivity index (χ0n) is 17.6. The normalized spacial score (nSPS) is 10.5. The molecule has 0 aliphatic rings. The fraction of sp³-hybridized carbons (Fsp3) is 0.238. The van der Waals surface area contributed by atoms with Crippen molar-refractivity contribution in [3.63, 3.8) is 0 Å². The number of aromatic nitrogens is 3. The topological polar surface area (TPSA) is 138 Å². The molecule has 3 rings (SSSR count). The Hall–Kier alpha value is -3.73. The van der Waals surface area contributed by atoms with E-state index in [4.69, 9.17) is 14.2 Å². The molecule has 11 heteroatoms. The highest BCUT2D eigenvalue weighted by molar-refractivity contribution is 7.99. The lowest BCUT2D eigenvalue weighted by atomic mass is 10.0. The van der Waals surface area contributed by atoms with Gasteiger partial charge in [-0.2, -0.15) is 0 Å². The van der Waals surface area contributed by atoms with Crippen molar-refractivity contribution in [3.8, 4) is 28.6 Å². The number of methoxy groups -OCH3 is 3. The average Bonchev–Trinajstić information content (AvgIpc) is 3.29. The zero-order chi connectivity index (χ0) is 23.1. The quantitative estimate of drug-likeness (QED) is 0.431. The molecule has 2 N–H and O–H groups in total. The number of H-pyrrole nitrogens is 1. The van der Waals surface area contributed by atoms with Crippen LogP contribution < -0.4 is 24.6 Å². The minimum absolute atomic E-state index is 0.0301. The van der Waals surface area contributed by atoms with E-state index >= 15 is 0 Å². The molecule has 3 aromatic rings. The van der Waals surface area contributed by atoms with Crippen LogP contribution in [0.3, 0.4) is 0 Å². The molecule has 1 amide bonds. The Bertz CT molecular complexity index is 1100. The second-order valence-electron chi connectivity index (χ2n) is 6.36. The van der Waals surface area contributed by atoms with Gasteiger partial charge in [0.2, 0.25) is 16.8 Å². The first kappa shape index (κ1) is 22.9. The molecule has 0 spiro atoms. The summed E-state index contributed by atoms with van der Waals surface area (Å²) in [7, 11) is 4.14. The maximum absolute atomic E-state index is 12.4. The fourth-order valence-electron chi connectivity index (χ4n) is 2.98. The van der Waals surface area contributed by atoms with E-state index in [-0.39, 0.29) is 46.6 Å². The highest BCUT2D eigenvalue weighted by Gasteiger charge is 2.21. The Morgan fingerprint density at radius 1 is 1.09 bits per heavy atom. The van der Waals surface area contributed by atoms with Gasteiger partial charge >= 0.3 is 0 Å². The first-order valence-electron chi connectivity index (χ1n) is 9.39. The summed E-state index contributed by atoms with van der Waals surface area (Å²) < 4.78 is 15.8. The van der Waals surface area contributed by atoms with E-state index < -0.39 is 5.97 Å². The zero-order valence-corrected chi connectivity index (χ0v) is 18.4. The van der Waals surface area contributed by atoms with E-state index in [1.54, 1.807) is 0 Å². The molecule has 0 bridgehead atoms. The molecule has 1 aromatic heterocycles. The number of carbonyl (C=O) groups excluding carboxylic acids is 2. The number of nitrogens with zero attached hydrogens (tertiary/aromatic N) is 2. The minimum atomic E-state index is -1.43. The van der Waals surface area contributed by atoms with E-state index in [2.05, 4.69) is 20.5 Å². The van der Waals surface area contributed by atoms with Crippen molar-refractivity contribution < 1.29 is 28.9 Å². The number of carbonyl (C=O) groups is 2. The van der Waals surface area contributed by atoms with Crippen molar-refractivity contribution in [2.75, 3.05) is 27.1 Å². The number of hydrogen-bond donors (Lipinski definition) is 2. The fourth-order valence-corrected chi connectivity index (χ4v) is 3.61. The highest BCUT2D eigenvalue weighted by atomic mass is 32.2. The number of benzene rings is 2. The third-order valence-corrected chi connectivity index (χ3v) is 5.31. The molecule has 0 unspecified atom stereocenters. The average molecular weight is 457 g/mol. The number of aromatic carboxylic acids is 1. The third kappa shape index (κ3) is 5.11. The lowest BCUT2D eigenvalue weighted by molar-refractivity contribution is -0.255. The maximum Gasteiger partial charge on any atom is 0.230 e. The van der Waals surface area contributed by atoms with Crippen LogP contribution in [0.15, 0.2) is 41.6 Å². The van der Waals surface area contributed by atoms with Gasteiger partial charge in [0.05, 0.1) is 33.1 Å². The lowest BCUT2D eigenvalue weighted by Gasteiger charge is -2.20. The lowest BCUT2D eigenvalue weighted by Crippen LogP contribution is -2.29. The first-order valence-corrected chi connectivity index (χ1v) is 10.4. The molecule has 0 saturated carbocycles. The summed E-state index contributed by atoms with van der Waals surface area (Å²) in [6.45, 7) is -0.116. The molecule has 10 nitrogen and oxygen atoms in total. The number of hydrogen-bond acceptors (Lipinski definition) is 9. The van der Waals surface area contributed by atoms with Gasteiger partial charge in [0.25, 0.3) is 0 Å². The molecule has 0 aliphatic carbocycles. The van der Waals surface area contributed by atoms with Gasteiger partial charge in [-0.25, -0.2) is 4.98 Å². The van der Waals surface area contributed by atoms with Crippen molar-refractivity contribution >= 4 is 23.6 Å². The van der Waals surface area contributed by atoms with Crippen molar-refractivity contribution in [1.29, 1.82) is 0 Å². The monoisotopic (exact) mass is 457 g/mol. The number of carboxylic acid groups (broad SMARTS) is 1. The summed E-state index contributed by atoms with van der Waals surface area (Å²) in [6, 6.07) is 10.7. The Balaban J connectivity index is 1.68. The van der Waals surface area contributed by atoms with Crippen molar-refractivity contribution in [2.24, 2.45) is 0 Å². The highest BCUT2D eigenvalue weighted by Crippen LogP contribution is 2.41. The Morgan fingerprint density at radius 2 is 1.81 bits per heavy atom. The second kappa shape index (κ2) is 10.5. The van der Waals surface area contributed by atoms with E-state index in [9.17, 15) is 14.7 Å². The van der Waals surface area contributed by atoms with E-state index in [0.717, 1.165) is 17.3 Å². The first-order chi connectivity index (χ1) is 15.5. The number of ether oxygens (including phenoxy) is 3. The molecular formula is C21H21N4O6S-. The van der Waals surface area contributed by atoms with Gasteiger partial charge < -0.3 is 29.4 Å². The minimum Gasteiger partial charge on any atom is -0.545 e. The van der Waals surface area contributed by atoms with Gasteiger partial charge in [0, 0.05) is 23.2 Å². The molecule has 0 aliphatic heterocycles. The van der Waals surface area contributed by atoms with Crippen LogP contribution in [0.25, 0.3) is 11.4 Å². The predicted molar refractivity (Wildman–Crippen MR) is 115 cm³/mol. The predicted octanol–water partition coefficient (Wildman–Crippen LogP) is 1.27. The summed E-state index contributed by atoms with van der Waals surface area (Å²) in [5, 5.41) is 21.7. The molecule has 0 radical (unpaired) electrons. The summed E-state index contributed by atoms with van der Waals surface area (Å²) in [5.74, 6) is -0.620. The van der Waals surface area contributed by atoms with E-state index in [1.807, 2.05) is 30.3 Å². The molecule has 0 atom stereocenters. The summed E-state index contributed by atoms with van der Waals surface area (Å²) in [4.78, 5) is 28.4. The molecule has 168 valence electrons. The van der Waals surface area contributed by atoms with E-state index in [0.29, 0.717) is 11.0 Å². The number of aromatic amines is 1. The third-order valence-electron chi connectivity index (χ3n) is 4.46. The van der Waals surface area contributed by atoms with Gasteiger partial charge in [-0.1, -0.05) is 42.1 Å². The van der Waals surface area contributed by atoms with Gasteiger partial charge in [0.15, 0.2) is 17.3 Å². The molecular weight excluding hydrogens is 436 g/mol. The second-order valence-corrected chi connectivity index (χ2v) is 7.30. The number of rotatable bonds is 10. The smallest absolute Gasteiger partial charge is 0.230 e. The Labute approximate surface area is 188 Å². The van der Waals surface area contributed by atoms with Crippen LogP contribution in [0.5, 0.6) is 17.2 Å². The van der Waals surface area contributed by atoms with Crippen LogP contribution in [0.1, 0.15) is 15.9 Å². The number of carboxylic acids is 1. The number of thioether (sulfide) groups is 1. The molecule has 1 heterocycles. The van der Waals surface area contributed by atoms with Crippen LogP contribution in [-0.4, -0.2) is 54.1 Å². The molecule has 2 aromatic carbocycles. The summed E-state index contributed by atoms with van der Waals surface area (Å²) >= 11 is 1.14. The SMILES string of the molecule is COc1cc(C(=O)[O-])c(CNC(=O)CSc2n[nH]c(-c3ccccc3)n2)c(OC)c1OC. The molecule has 0 saturated heterocycles. The van der Waals surface area contributed by atoms with Crippen LogP contribution in [0.2, 0.25) is 0 Å². The maximum atomic E-state index is 12.4. The van der Waals surface area contributed by atoms with Crippen LogP contribution in [0, 0.1) is 0 Å². The van der Waals surface area contributed by atoms with Crippen molar-refractivity contribution in [2.45, 2.75) is 11.7 Å². The number of nitrogens with one attached hydrogen (secondary N) is 2. The van der Waals surface area contributed by atoms with Crippen LogP contribution in [0.4, 0.5) is 0 Å². The molecule has 32 heavy (non-hydrogen) atoms. The van der Waals surface area contributed by atoms with Gasteiger partial charge in [-0.3, -0.25) is 9.89 Å². The van der Waals surface area contributed by atoms with Crippen LogP contribution >= 0.6 is 11.8 Å². The standard InChI is InChI=1S/C21H22N4O6S/c1-29-15-9-13(20(27)28)14(17(30-2)18(15)31-3)10-22-16(26)11-32-21-23-19(24-25-21)12-7-5-4-6-8-12/h4-9H,10-11H2,1-3H3,(H,22,26)(H,27,28)(H,23,24,25)/p-1. The largest absolute Gasteiger partial charge is 0.545 e. The van der Waals surface area contributed by atoms with Crippen molar-refractivity contribution in [3.05, 3.63) is 47.5 Å². The van der Waals surface area contributed by atoms with Crippen molar-refractivity contribution in [1.82, 2.24) is 20.5 Å². The van der Waals surface area contributed by atoms with Gasteiger partial charge in [0.1, 0.15) is 0 Å². The van der Waals surface area contributed by atoms with E-state index in [1.165, 1.54) is 27.4 Å². The Morgan fingerprint density at radius 3 is 2.44 bits per heavy atom. The summed E-state index contributed by atoms with van der Waals surface area (Å²) in [5.41, 5.74) is 0.911. The van der Waals surface area contributed by atoms with Gasteiger partial charge in [-0.05, 0) is 6.07 Å². The Kier molecular flexibility index (Phi) is 7.55. The van der Waals surface area contributed by atoms with Crippen LogP contribution in [-0.2, 0) is 11.3 Å². The summed E-state index contributed by atoms with van der Waals surface area (Å²) in [6.07, 6.45) is 0. The number of amides is 1.